The number of para-hydroxylation sites is 2. The Morgan fingerprint density at radius 1 is 1.00 bits per heavy atom. The zero-order chi connectivity index (χ0) is 19.6. The van der Waals surface area contributed by atoms with Crippen molar-refractivity contribution in [2.75, 3.05) is 16.3 Å². The lowest BCUT2D eigenvalue weighted by Crippen LogP contribution is -2.16. The highest BCUT2D eigenvalue weighted by molar-refractivity contribution is 7.92. The smallest absolute Gasteiger partial charge is 0.255 e. The van der Waals surface area contributed by atoms with E-state index in [4.69, 9.17) is 0 Å². The van der Waals surface area contributed by atoms with Crippen LogP contribution in [-0.4, -0.2) is 30.4 Å². The fourth-order valence-corrected chi connectivity index (χ4v) is 3.30. The normalized spacial score (nSPS) is 11.2. The van der Waals surface area contributed by atoms with Gasteiger partial charge in [0.2, 0.25) is 10.0 Å². The molecule has 7 nitrogen and oxygen atoms in total. The van der Waals surface area contributed by atoms with Crippen LogP contribution in [-0.2, 0) is 10.0 Å². The first-order valence-corrected chi connectivity index (χ1v) is 10.1. The summed E-state index contributed by atoms with van der Waals surface area (Å²) in [6.07, 6.45) is 1.06. The van der Waals surface area contributed by atoms with E-state index in [1.54, 1.807) is 36.4 Å². The van der Waals surface area contributed by atoms with E-state index in [1.165, 1.54) is 0 Å². The standard InChI is InChI=1S/C19H20N4O3S/c1-13-12-14(2)23(21-13)16-10-8-15(9-11-16)19(24)20-17-6-4-5-7-18(17)22-27(3,25)26/h4-12,22H,1-3H3,(H,20,24). The second-order valence-corrected chi connectivity index (χ2v) is 8.01. The Hall–Kier alpha value is -3.13. The van der Waals surface area contributed by atoms with E-state index in [9.17, 15) is 13.2 Å². The predicted octanol–water partition coefficient (Wildman–Crippen LogP) is 3.11. The number of amides is 1. The average Bonchev–Trinajstić information content (AvgIpc) is 2.94. The fraction of sp³-hybridized carbons (Fsp3) is 0.158. The van der Waals surface area contributed by atoms with Gasteiger partial charge in [0.15, 0.2) is 0 Å². The maximum Gasteiger partial charge on any atom is 0.255 e. The molecular formula is C19H20N4O3S. The van der Waals surface area contributed by atoms with E-state index < -0.39 is 10.0 Å². The summed E-state index contributed by atoms with van der Waals surface area (Å²) in [7, 11) is -3.45. The van der Waals surface area contributed by atoms with Crippen molar-refractivity contribution in [3.8, 4) is 5.69 Å². The number of hydrogen-bond acceptors (Lipinski definition) is 4. The van der Waals surface area contributed by atoms with Crippen LogP contribution in [0.15, 0.2) is 54.6 Å². The second kappa shape index (κ2) is 7.24. The first-order valence-electron chi connectivity index (χ1n) is 8.25. The Morgan fingerprint density at radius 3 is 2.19 bits per heavy atom. The molecule has 3 aromatic rings. The first kappa shape index (κ1) is 18.7. The summed E-state index contributed by atoms with van der Waals surface area (Å²) in [5, 5.41) is 7.16. The van der Waals surface area contributed by atoms with Crippen molar-refractivity contribution in [2.24, 2.45) is 0 Å². The summed E-state index contributed by atoms with van der Waals surface area (Å²) in [5.41, 5.74) is 3.93. The molecule has 1 heterocycles. The number of nitrogens with zero attached hydrogens (tertiary/aromatic N) is 2. The molecule has 27 heavy (non-hydrogen) atoms. The van der Waals surface area contributed by atoms with Crippen molar-refractivity contribution < 1.29 is 13.2 Å². The van der Waals surface area contributed by atoms with Crippen LogP contribution in [0.4, 0.5) is 11.4 Å². The molecule has 0 unspecified atom stereocenters. The summed E-state index contributed by atoms with van der Waals surface area (Å²) >= 11 is 0. The predicted molar refractivity (Wildman–Crippen MR) is 106 cm³/mol. The van der Waals surface area contributed by atoms with Crippen molar-refractivity contribution in [3.05, 3.63) is 71.5 Å². The number of sulfonamides is 1. The van der Waals surface area contributed by atoms with Gasteiger partial charge in [-0.15, -0.1) is 0 Å². The molecule has 0 atom stereocenters. The second-order valence-electron chi connectivity index (χ2n) is 6.26. The number of anilines is 2. The Labute approximate surface area is 158 Å². The topological polar surface area (TPSA) is 93.1 Å². The number of nitrogens with one attached hydrogen (secondary N) is 2. The summed E-state index contributed by atoms with van der Waals surface area (Å²) in [6, 6.07) is 15.6. The van der Waals surface area contributed by atoms with Crippen LogP contribution in [0.2, 0.25) is 0 Å². The molecule has 8 heteroatoms. The number of aryl methyl sites for hydroxylation is 2. The van der Waals surface area contributed by atoms with Crippen LogP contribution < -0.4 is 10.0 Å². The number of aromatic nitrogens is 2. The van der Waals surface area contributed by atoms with Gasteiger partial charge in [0, 0.05) is 11.3 Å². The van der Waals surface area contributed by atoms with Crippen molar-refractivity contribution in [2.45, 2.75) is 13.8 Å². The highest BCUT2D eigenvalue weighted by Crippen LogP contribution is 2.23. The third-order valence-corrected chi connectivity index (χ3v) is 4.44. The van der Waals surface area contributed by atoms with E-state index in [-0.39, 0.29) is 5.91 Å². The van der Waals surface area contributed by atoms with Gasteiger partial charge in [-0.3, -0.25) is 9.52 Å². The highest BCUT2D eigenvalue weighted by Gasteiger charge is 2.12. The van der Waals surface area contributed by atoms with Crippen LogP contribution in [0.1, 0.15) is 21.7 Å². The van der Waals surface area contributed by atoms with Crippen molar-refractivity contribution in [3.63, 3.8) is 0 Å². The summed E-state index contributed by atoms with van der Waals surface area (Å²) in [4.78, 5) is 12.5. The van der Waals surface area contributed by atoms with Crippen molar-refractivity contribution in [1.82, 2.24) is 9.78 Å². The number of rotatable bonds is 5. The highest BCUT2D eigenvalue weighted by atomic mass is 32.2. The maximum atomic E-state index is 12.5. The Balaban J connectivity index is 1.81. The largest absolute Gasteiger partial charge is 0.320 e. The lowest BCUT2D eigenvalue weighted by molar-refractivity contribution is 0.102. The molecule has 0 saturated heterocycles. The van der Waals surface area contributed by atoms with Gasteiger partial charge >= 0.3 is 0 Å². The summed E-state index contributed by atoms with van der Waals surface area (Å²) in [6.45, 7) is 3.89. The van der Waals surface area contributed by atoms with Crippen molar-refractivity contribution >= 4 is 27.3 Å². The van der Waals surface area contributed by atoms with Gasteiger partial charge in [-0.05, 0) is 56.3 Å². The van der Waals surface area contributed by atoms with E-state index in [0.717, 1.165) is 23.3 Å². The van der Waals surface area contributed by atoms with E-state index in [1.807, 2.05) is 36.7 Å². The molecule has 3 rings (SSSR count). The van der Waals surface area contributed by atoms with E-state index >= 15 is 0 Å². The van der Waals surface area contributed by atoms with Crippen molar-refractivity contribution in [1.29, 1.82) is 0 Å². The molecule has 0 fully saturated rings. The van der Waals surface area contributed by atoms with Gasteiger partial charge in [-0.1, -0.05) is 12.1 Å². The Morgan fingerprint density at radius 2 is 1.63 bits per heavy atom. The van der Waals surface area contributed by atoms with Gasteiger partial charge in [-0.2, -0.15) is 5.10 Å². The number of carbonyl (C=O) groups is 1. The van der Waals surface area contributed by atoms with Crippen LogP contribution in [0, 0.1) is 13.8 Å². The summed E-state index contributed by atoms with van der Waals surface area (Å²) in [5.74, 6) is -0.335. The lowest BCUT2D eigenvalue weighted by atomic mass is 10.2. The van der Waals surface area contributed by atoms with Gasteiger partial charge in [0.25, 0.3) is 5.91 Å². The lowest BCUT2D eigenvalue weighted by Gasteiger charge is -2.12. The third-order valence-electron chi connectivity index (χ3n) is 3.85. The SMILES string of the molecule is Cc1cc(C)n(-c2ccc(C(=O)Nc3ccccc3NS(C)(=O)=O)cc2)n1. The molecule has 1 aromatic heterocycles. The van der Waals surface area contributed by atoms with E-state index in [2.05, 4.69) is 15.1 Å². The van der Waals surface area contributed by atoms with Gasteiger partial charge in [-0.25, -0.2) is 13.1 Å². The Bertz CT molecular complexity index is 1090. The molecule has 1 amide bonds. The zero-order valence-electron chi connectivity index (χ0n) is 15.2. The molecule has 2 aromatic carbocycles. The van der Waals surface area contributed by atoms with E-state index in [0.29, 0.717) is 16.9 Å². The fourth-order valence-electron chi connectivity index (χ4n) is 2.72. The number of benzene rings is 2. The molecule has 0 aliphatic carbocycles. The molecular weight excluding hydrogens is 364 g/mol. The minimum absolute atomic E-state index is 0.313. The van der Waals surface area contributed by atoms with Gasteiger partial charge in [0.1, 0.15) is 0 Å². The molecule has 0 aliphatic heterocycles. The van der Waals surface area contributed by atoms with Crippen LogP contribution in [0.5, 0.6) is 0 Å². The molecule has 0 radical (unpaired) electrons. The Kier molecular flexibility index (Phi) is 5.00. The molecule has 140 valence electrons. The number of hydrogen-bond donors (Lipinski definition) is 2. The van der Waals surface area contributed by atoms with Gasteiger partial charge in [0.05, 0.1) is 29.0 Å². The van der Waals surface area contributed by atoms with Crippen LogP contribution >= 0.6 is 0 Å². The monoisotopic (exact) mass is 384 g/mol. The van der Waals surface area contributed by atoms with Crippen LogP contribution in [0.25, 0.3) is 5.69 Å². The average molecular weight is 384 g/mol. The minimum Gasteiger partial charge on any atom is -0.320 e. The molecule has 0 bridgehead atoms. The quantitative estimate of drug-likeness (QED) is 0.707. The van der Waals surface area contributed by atoms with Gasteiger partial charge < -0.3 is 5.32 Å². The third kappa shape index (κ3) is 4.53. The molecule has 0 saturated carbocycles. The first-order chi connectivity index (χ1) is 12.7. The molecule has 0 aliphatic rings. The maximum absolute atomic E-state index is 12.5. The molecule has 0 spiro atoms. The number of carbonyl (C=O) groups excluding carboxylic acids is 1. The van der Waals surface area contributed by atoms with Crippen LogP contribution in [0.3, 0.4) is 0 Å². The molecule has 2 N–H and O–H groups in total. The minimum atomic E-state index is -3.45. The summed E-state index contributed by atoms with van der Waals surface area (Å²) < 4.78 is 27.2. The zero-order valence-corrected chi connectivity index (χ0v) is 16.0.